The molecule has 1 aliphatic rings. The third kappa shape index (κ3) is 13.2. The maximum Gasteiger partial charge on any atom is 0.253 e. The van der Waals surface area contributed by atoms with Crippen LogP contribution in [0.15, 0.2) is 42.5 Å². The first-order valence-electron chi connectivity index (χ1n) is 14.0. The van der Waals surface area contributed by atoms with Gasteiger partial charge in [0.25, 0.3) is 11.8 Å². The van der Waals surface area contributed by atoms with E-state index in [1.807, 2.05) is 19.9 Å². The Kier molecular flexibility index (Phi) is 14.4. The van der Waals surface area contributed by atoms with E-state index in [-0.39, 0.29) is 62.0 Å². The first-order valence-corrected chi connectivity index (χ1v) is 14.0. The molecule has 0 bridgehead atoms. The van der Waals surface area contributed by atoms with Gasteiger partial charge in [-0.05, 0) is 24.3 Å². The highest BCUT2D eigenvalue weighted by Gasteiger charge is 2.23. The van der Waals surface area contributed by atoms with Crippen molar-refractivity contribution in [1.29, 1.82) is 0 Å². The van der Waals surface area contributed by atoms with Crippen molar-refractivity contribution >= 4 is 41.4 Å². The summed E-state index contributed by atoms with van der Waals surface area (Å²) in [6.45, 7) is 3.69. The second-order valence-corrected chi connectivity index (χ2v) is 10.3. The van der Waals surface area contributed by atoms with E-state index in [4.69, 9.17) is 0 Å². The maximum absolute atomic E-state index is 12.8. The summed E-state index contributed by atoms with van der Waals surface area (Å²) in [5.74, 6) is -2.84. The van der Waals surface area contributed by atoms with Crippen molar-refractivity contribution in [2.24, 2.45) is 5.92 Å². The lowest BCUT2D eigenvalue weighted by Crippen LogP contribution is -2.52. The van der Waals surface area contributed by atoms with Crippen molar-refractivity contribution in [3.05, 3.63) is 48.0 Å². The number of imide groups is 1. The van der Waals surface area contributed by atoms with Crippen molar-refractivity contribution in [2.45, 2.75) is 52.0 Å². The fraction of sp³-hybridized carbons (Fsp3) is 0.483. The van der Waals surface area contributed by atoms with E-state index in [9.17, 15) is 33.6 Å². The standard InChI is InChI=1S/C29H40N6O7/c1-20(2)16-30-25(38)18-33-29(42)22(15-21-9-5-3-6-10-21)34-26(39)19-32-24(37)17-31-23(36)11-7-4-8-14-35-27(40)12-13-28(35)41/h3,5-6,9-10,12-13,20,22H,4,7-8,11,14-19H2,1-2H3,(H,30,38)(H,31,36)(H,32,37)(H,33,42)(H,34,39)/t22-/m0/s1. The zero-order valence-corrected chi connectivity index (χ0v) is 24.1. The minimum atomic E-state index is -0.979. The van der Waals surface area contributed by atoms with Crippen LogP contribution in [0, 0.1) is 5.92 Å². The molecule has 0 spiro atoms. The van der Waals surface area contributed by atoms with Crippen LogP contribution in [0.1, 0.15) is 45.1 Å². The number of amides is 7. The van der Waals surface area contributed by atoms with Crippen molar-refractivity contribution in [3.63, 3.8) is 0 Å². The Morgan fingerprint density at radius 2 is 1.31 bits per heavy atom. The maximum atomic E-state index is 12.8. The highest BCUT2D eigenvalue weighted by atomic mass is 16.2. The van der Waals surface area contributed by atoms with Crippen molar-refractivity contribution in [3.8, 4) is 0 Å². The smallest absolute Gasteiger partial charge is 0.253 e. The summed E-state index contributed by atoms with van der Waals surface area (Å²) in [6.07, 6.45) is 4.50. The quantitative estimate of drug-likeness (QED) is 0.112. The Labute approximate surface area is 245 Å². The summed E-state index contributed by atoms with van der Waals surface area (Å²) in [5.41, 5.74) is 0.795. The van der Waals surface area contributed by atoms with Crippen LogP contribution < -0.4 is 26.6 Å². The average Bonchev–Trinajstić information content (AvgIpc) is 3.28. The molecular formula is C29H40N6O7. The molecule has 0 radical (unpaired) electrons. The molecule has 0 unspecified atom stereocenters. The highest BCUT2D eigenvalue weighted by Crippen LogP contribution is 2.08. The fourth-order valence-electron chi connectivity index (χ4n) is 3.87. The van der Waals surface area contributed by atoms with E-state index < -0.39 is 30.3 Å². The molecule has 0 saturated heterocycles. The lowest BCUT2D eigenvalue weighted by Gasteiger charge is -2.19. The second kappa shape index (κ2) is 18.0. The molecule has 1 heterocycles. The van der Waals surface area contributed by atoms with E-state index in [2.05, 4.69) is 26.6 Å². The number of unbranched alkanes of at least 4 members (excludes halogenated alkanes) is 2. The van der Waals surface area contributed by atoms with E-state index in [1.54, 1.807) is 24.3 Å². The van der Waals surface area contributed by atoms with Crippen molar-refractivity contribution in [2.75, 3.05) is 32.7 Å². The molecule has 5 N–H and O–H groups in total. The average molecular weight is 585 g/mol. The Balaban J connectivity index is 1.69. The van der Waals surface area contributed by atoms with Crippen LogP contribution in [0.25, 0.3) is 0 Å². The molecular weight excluding hydrogens is 544 g/mol. The van der Waals surface area contributed by atoms with E-state index in [0.29, 0.717) is 25.8 Å². The first-order chi connectivity index (χ1) is 20.0. The highest BCUT2D eigenvalue weighted by molar-refractivity contribution is 6.12. The van der Waals surface area contributed by atoms with Gasteiger partial charge in [0.05, 0.1) is 19.6 Å². The van der Waals surface area contributed by atoms with Gasteiger partial charge in [0.15, 0.2) is 0 Å². The molecule has 0 fully saturated rings. The van der Waals surface area contributed by atoms with Gasteiger partial charge in [-0.2, -0.15) is 0 Å². The third-order valence-electron chi connectivity index (χ3n) is 6.14. The van der Waals surface area contributed by atoms with Gasteiger partial charge < -0.3 is 26.6 Å². The predicted molar refractivity (Wildman–Crippen MR) is 153 cm³/mol. The molecule has 228 valence electrons. The minimum Gasteiger partial charge on any atom is -0.354 e. The molecule has 1 atom stereocenters. The van der Waals surface area contributed by atoms with Crippen LogP contribution in [-0.2, 0) is 40.0 Å². The molecule has 42 heavy (non-hydrogen) atoms. The van der Waals surface area contributed by atoms with E-state index in [0.717, 1.165) is 10.5 Å². The number of carbonyl (C=O) groups is 7. The molecule has 0 aliphatic carbocycles. The molecule has 1 aliphatic heterocycles. The van der Waals surface area contributed by atoms with Gasteiger partial charge >= 0.3 is 0 Å². The zero-order chi connectivity index (χ0) is 30.9. The van der Waals surface area contributed by atoms with Crippen LogP contribution in [0.2, 0.25) is 0 Å². The summed E-state index contributed by atoms with van der Waals surface area (Å²) in [4.78, 5) is 85.6. The number of nitrogens with zero attached hydrogens (tertiary/aromatic N) is 1. The molecule has 0 aromatic heterocycles. The van der Waals surface area contributed by atoms with Gasteiger partial charge in [-0.1, -0.05) is 50.6 Å². The number of rotatable bonds is 18. The lowest BCUT2D eigenvalue weighted by atomic mass is 10.1. The monoisotopic (exact) mass is 584 g/mol. The topological polar surface area (TPSA) is 183 Å². The number of benzene rings is 1. The summed E-state index contributed by atoms with van der Waals surface area (Å²) in [7, 11) is 0. The largest absolute Gasteiger partial charge is 0.354 e. The molecule has 7 amide bonds. The lowest BCUT2D eigenvalue weighted by molar-refractivity contribution is -0.137. The van der Waals surface area contributed by atoms with Crippen molar-refractivity contribution in [1.82, 2.24) is 31.5 Å². The predicted octanol–water partition coefficient (Wildman–Crippen LogP) is -0.680. The molecule has 1 aromatic rings. The van der Waals surface area contributed by atoms with Gasteiger partial charge in [-0.25, -0.2) is 0 Å². The Morgan fingerprint density at radius 1 is 0.714 bits per heavy atom. The summed E-state index contributed by atoms with van der Waals surface area (Å²) >= 11 is 0. The Morgan fingerprint density at radius 3 is 1.98 bits per heavy atom. The molecule has 0 saturated carbocycles. The van der Waals surface area contributed by atoms with Gasteiger partial charge in [-0.15, -0.1) is 0 Å². The van der Waals surface area contributed by atoms with Crippen LogP contribution in [0.5, 0.6) is 0 Å². The van der Waals surface area contributed by atoms with Crippen LogP contribution in [0.4, 0.5) is 0 Å². The summed E-state index contributed by atoms with van der Waals surface area (Å²) in [5, 5.41) is 12.7. The van der Waals surface area contributed by atoms with Gasteiger partial charge in [0, 0.05) is 38.1 Å². The number of hydrogen-bond donors (Lipinski definition) is 5. The molecule has 2 rings (SSSR count). The van der Waals surface area contributed by atoms with Gasteiger partial charge in [0.1, 0.15) is 6.04 Å². The van der Waals surface area contributed by atoms with Crippen LogP contribution in [0.3, 0.4) is 0 Å². The number of nitrogens with one attached hydrogen (secondary N) is 5. The van der Waals surface area contributed by atoms with Gasteiger partial charge in [0.2, 0.25) is 29.5 Å². The third-order valence-corrected chi connectivity index (χ3v) is 6.14. The second-order valence-electron chi connectivity index (χ2n) is 10.3. The number of carbonyl (C=O) groups excluding carboxylic acids is 7. The van der Waals surface area contributed by atoms with E-state index in [1.165, 1.54) is 12.2 Å². The Hall–Kier alpha value is -4.55. The van der Waals surface area contributed by atoms with Crippen LogP contribution >= 0.6 is 0 Å². The molecule has 13 nitrogen and oxygen atoms in total. The van der Waals surface area contributed by atoms with E-state index >= 15 is 0 Å². The molecule has 1 aromatic carbocycles. The Bertz CT molecular complexity index is 1130. The van der Waals surface area contributed by atoms with Gasteiger partial charge in [-0.3, -0.25) is 38.5 Å². The summed E-state index contributed by atoms with van der Waals surface area (Å²) < 4.78 is 0. The minimum absolute atomic E-state index is 0.166. The van der Waals surface area contributed by atoms with Crippen LogP contribution in [-0.4, -0.2) is 85.0 Å². The first kappa shape index (κ1) is 33.7. The zero-order valence-electron chi connectivity index (χ0n) is 24.1. The summed E-state index contributed by atoms with van der Waals surface area (Å²) in [6, 6.07) is 8.06. The normalized spacial score (nSPS) is 13.1. The fourth-order valence-corrected chi connectivity index (χ4v) is 3.87. The molecule has 13 heteroatoms. The number of hydrogen-bond acceptors (Lipinski definition) is 7. The SMILES string of the molecule is CC(C)CNC(=O)CNC(=O)[C@H](Cc1ccccc1)NC(=O)CNC(=O)CNC(=O)CCCCCN1C(=O)C=CC1=O. The van der Waals surface area contributed by atoms with Crippen molar-refractivity contribution < 1.29 is 33.6 Å².